The van der Waals surface area contributed by atoms with Crippen molar-refractivity contribution >= 4 is 63.1 Å². The van der Waals surface area contributed by atoms with Crippen molar-refractivity contribution in [2.24, 2.45) is 34.5 Å². The number of fused-ring (bicyclic) bond motifs is 5. The molecule has 0 heterocycles. The first-order valence-electron chi connectivity index (χ1n) is 9.79. The van der Waals surface area contributed by atoms with Crippen LogP contribution in [-0.2, 0) is 9.59 Å². The maximum atomic E-state index is 11.8. The van der Waals surface area contributed by atoms with Gasteiger partial charge >= 0.3 is 57.4 Å². The second-order valence-corrected chi connectivity index (χ2v) is 9.16. The zero-order chi connectivity index (χ0) is 18.7. The van der Waals surface area contributed by atoms with Crippen molar-refractivity contribution in [1.29, 1.82) is 0 Å². The fraction of sp³-hybridized carbons (Fsp3) is 0.565. The summed E-state index contributed by atoms with van der Waals surface area (Å²) >= 11 is 0. The number of carbonyl (C=O) groups excluding carboxylic acids is 1. The second-order valence-electron chi connectivity index (χ2n) is 9.16. The molecule has 6 atom stereocenters. The number of carboxylic acids is 1. The number of aliphatic carboxylic acids is 1. The summed E-state index contributed by atoms with van der Waals surface area (Å²) in [5.41, 5.74) is 2.47. The number of allylic oxidation sites excluding steroid dienone is 7. The molecule has 0 aromatic rings. The van der Waals surface area contributed by atoms with E-state index in [1.165, 1.54) is 5.57 Å². The summed E-state index contributed by atoms with van der Waals surface area (Å²) in [7, 11) is 0. The van der Waals surface area contributed by atoms with Gasteiger partial charge in [0.15, 0.2) is 5.78 Å². The maximum absolute atomic E-state index is 11.8. The van der Waals surface area contributed by atoms with E-state index >= 15 is 0 Å². The summed E-state index contributed by atoms with van der Waals surface area (Å²) in [5.74, 6) is 1.19. The van der Waals surface area contributed by atoms with Gasteiger partial charge in [0.1, 0.15) is 0 Å². The Kier molecular flexibility index (Phi) is 5.98. The predicted octanol–water partition coefficient (Wildman–Crippen LogP) is 4.07. The van der Waals surface area contributed by atoms with Crippen molar-refractivity contribution in [3.8, 4) is 0 Å². The predicted molar refractivity (Wildman–Crippen MR) is 109 cm³/mol. The molecule has 4 rings (SSSR count). The molecule has 0 aromatic heterocycles. The van der Waals surface area contributed by atoms with Crippen molar-refractivity contribution < 1.29 is 14.7 Å². The molecule has 0 spiro atoms. The van der Waals surface area contributed by atoms with Crippen molar-refractivity contribution in [2.75, 3.05) is 0 Å². The molecule has 3 nitrogen and oxygen atoms in total. The van der Waals surface area contributed by atoms with Gasteiger partial charge in [0, 0.05) is 11.8 Å². The van der Waals surface area contributed by atoms with Crippen LogP contribution >= 0.6 is 0 Å². The third-order valence-electron chi connectivity index (χ3n) is 7.97. The Labute approximate surface area is 204 Å². The second kappa shape index (κ2) is 7.53. The van der Waals surface area contributed by atoms with Gasteiger partial charge in [-0.3, -0.25) is 9.59 Å². The molecule has 140 valence electrons. The molecule has 0 unspecified atom stereocenters. The van der Waals surface area contributed by atoms with Crippen LogP contribution in [0, 0.1) is 34.5 Å². The Bertz CT molecular complexity index is 776. The molecular weight excluding hydrogens is 363 g/mol. The fourth-order valence-electron chi connectivity index (χ4n) is 6.52. The number of rotatable bonds is 3. The molecule has 0 aromatic carbocycles. The van der Waals surface area contributed by atoms with E-state index in [4.69, 9.17) is 5.11 Å². The van der Waals surface area contributed by atoms with Gasteiger partial charge in [-0.25, -0.2) is 0 Å². The fourth-order valence-corrected chi connectivity index (χ4v) is 6.52. The van der Waals surface area contributed by atoms with Gasteiger partial charge in [-0.2, -0.15) is 0 Å². The van der Waals surface area contributed by atoms with Crippen LogP contribution in [-0.4, -0.2) is 68.2 Å². The first kappa shape index (κ1) is 21.4. The Morgan fingerprint density at radius 2 is 2.04 bits per heavy atom. The van der Waals surface area contributed by atoms with Crippen LogP contribution < -0.4 is 0 Å². The molecule has 27 heavy (non-hydrogen) atoms. The van der Waals surface area contributed by atoms with E-state index in [0.717, 1.165) is 24.8 Å². The van der Waals surface area contributed by atoms with E-state index < -0.39 is 5.97 Å². The summed E-state index contributed by atoms with van der Waals surface area (Å²) in [6, 6.07) is 0. The average Bonchev–Trinajstić information content (AvgIpc) is 2.83. The Morgan fingerprint density at radius 1 is 1.30 bits per heavy atom. The van der Waals surface area contributed by atoms with Gasteiger partial charge in [0.05, 0.1) is 0 Å². The molecule has 2 fully saturated rings. The third-order valence-corrected chi connectivity index (χ3v) is 7.97. The third kappa shape index (κ3) is 3.36. The van der Waals surface area contributed by atoms with Crippen molar-refractivity contribution in [3.63, 3.8) is 0 Å². The van der Waals surface area contributed by atoms with E-state index in [2.05, 4.69) is 38.7 Å². The standard InChI is InChI=1S/C23H28O3.K.H/c1-14-12-20-17-5-4-15-13-16(24)8-10-22(15,2)19(17)9-11-23(20,3)18(14)6-7-21(25)26;;/h4-5,8,10,13,17-20H,1,6-7,9,11-12H2,2-3H3,(H,25,26);;/t17-,18-,19+,20+,22+,23-;;/m1../s1. The summed E-state index contributed by atoms with van der Waals surface area (Å²) in [5, 5.41) is 9.13. The average molecular weight is 393 g/mol. The molecule has 1 N–H and O–H groups in total. The molecule has 4 aliphatic rings. The van der Waals surface area contributed by atoms with Crippen molar-refractivity contribution in [2.45, 2.75) is 46.0 Å². The van der Waals surface area contributed by atoms with Gasteiger partial charge < -0.3 is 5.11 Å². The van der Waals surface area contributed by atoms with Crippen LogP contribution in [0.1, 0.15) is 46.0 Å². The molecule has 4 heteroatoms. The van der Waals surface area contributed by atoms with Crippen LogP contribution in [0.25, 0.3) is 0 Å². The summed E-state index contributed by atoms with van der Waals surface area (Å²) in [6.07, 6.45) is 14.3. The minimum atomic E-state index is -0.713. The normalized spacial score (nSPS) is 41.9. The number of carboxylic acid groups (broad SMARTS) is 1. The van der Waals surface area contributed by atoms with Gasteiger partial charge in [-0.15, -0.1) is 0 Å². The first-order valence-corrected chi connectivity index (χ1v) is 9.79. The van der Waals surface area contributed by atoms with Crippen LogP contribution in [0.4, 0.5) is 0 Å². The first-order chi connectivity index (χ1) is 12.3. The van der Waals surface area contributed by atoms with Gasteiger partial charge in [-0.1, -0.05) is 44.2 Å². The molecule has 0 amide bonds. The molecule has 2 saturated carbocycles. The number of hydrogen-bond acceptors (Lipinski definition) is 2. The van der Waals surface area contributed by atoms with E-state index in [9.17, 15) is 9.59 Å². The number of carbonyl (C=O) groups is 2. The number of hydrogen-bond donors (Lipinski definition) is 1. The van der Waals surface area contributed by atoms with Crippen molar-refractivity contribution in [3.05, 3.63) is 48.1 Å². The molecule has 4 aliphatic carbocycles. The Morgan fingerprint density at radius 3 is 2.74 bits per heavy atom. The minimum absolute atomic E-state index is 0. The topological polar surface area (TPSA) is 54.4 Å². The van der Waals surface area contributed by atoms with Crippen LogP contribution in [0.15, 0.2) is 48.1 Å². The summed E-state index contributed by atoms with van der Waals surface area (Å²) in [4.78, 5) is 22.9. The SMILES string of the molecule is C=C1C[C@H]2[C@@H]3C=CC4=CC(=O)C=C[C@]4(C)[C@H]3CC[C@]2(C)[C@@H]1CCC(=O)O.[KH]. The monoisotopic (exact) mass is 392 g/mol. The molecule has 0 saturated heterocycles. The zero-order valence-electron chi connectivity index (χ0n) is 15.7. The summed E-state index contributed by atoms with van der Waals surface area (Å²) in [6.45, 7) is 8.98. The number of ketones is 1. The van der Waals surface area contributed by atoms with Crippen molar-refractivity contribution in [1.82, 2.24) is 0 Å². The van der Waals surface area contributed by atoms with E-state index in [1.54, 1.807) is 12.2 Å². The van der Waals surface area contributed by atoms with Crippen LogP contribution in [0.2, 0.25) is 0 Å². The molecule has 0 radical (unpaired) electrons. The van der Waals surface area contributed by atoms with Crippen LogP contribution in [0.5, 0.6) is 0 Å². The van der Waals surface area contributed by atoms with E-state index in [0.29, 0.717) is 30.1 Å². The Balaban J connectivity index is 0.00000210. The quantitative estimate of drug-likeness (QED) is 0.582. The Hall–Kier alpha value is -0.264. The van der Waals surface area contributed by atoms with Crippen LogP contribution in [0.3, 0.4) is 0 Å². The molecule has 0 aliphatic heterocycles. The van der Waals surface area contributed by atoms with Gasteiger partial charge in [0.25, 0.3) is 0 Å². The molecular formula is C23H29KO3. The summed E-state index contributed by atoms with van der Waals surface area (Å²) < 4.78 is 0. The van der Waals surface area contributed by atoms with E-state index in [-0.39, 0.29) is 74.4 Å². The van der Waals surface area contributed by atoms with Gasteiger partial charge in [0.2, 0.25) is 0 Å². The zero-order valence-corrected chi connectivity index (χ0v) is 15.7. The molecule has 0 bridgehead atoms. The van der Waals surface area contributed by atoms with Gasteiger partial charge in [-0.05, 0) is 72.5 Å². The van der Waals surface area contributed by atoms with E-state index in [1.807, 2.05) is 0 Å².